The van der Waals surface area contributed by atoms with Gasteiger partial charge in [-0.05, 0) is 24.6 Å². The zero-order valence-corrected chi connectivity index (χ0v) is 11.0. The smallest absolute Gasteiger partial charge is 0.169 e. The largest absolute Gasteiger partial charge is 0.381 e. The molecule has 3 N–H and O–H groups in total. The number of nitrogens with two attached hydrogens (primary N) is 1. The van der Waals surface area contributed by atoms with Crippen molar-refractivity contribution in [3.63, 3.8) is 0 Å². The van der Waals surface area contributed by atoms with Gasteiger partial charge in [-0.15, -0.1) is 0 Å². The summed E-state index contributed by atoms with van der Waals surface area (Å²) in [7, 11) is 0. The summed E-state index contributed by atoms with van der Waals surface area (Å²) in [4.78, 5) is 8.83. The maximum Gasteiger partial charge on any atom is 0.169 e. The van der Waals surface area contributed by atoms with Crippen molar-refractivity contribution in [1.82, 2.24) is 19.7 Å². The minimum Gasteiger partial charge on any atom is -0.381 e. The highest BCUT2D eigenvalue weighted by Crippen LogP contribution is 2.18. The number of aryl methyl sites for hydroxylation is 1. The molecular weight excluding hydrogens is 252 g/mol. The molecule has 0 saturated carbocycles. The third-order valence-electron chi connectivity index (χ3n) is 3.01. The molecule has 0 aliphatic rings. The van der Waals surface area contributed by atoms with Crippen LogP contribution in [0.5, 0.6) is 0 Å². The second-order valence-corrected chi connectivity index (χ2v) is 4.50. The molecular formula is C14H16N6. The first kappa shape index (κ1) is 12.4. The second kappa shape index (κ2) is 5.56. The molecule has 102 valence electrons. The van der Waals surface area contributed by atoms with E-state index >= 15 is 0 Å². The van der Waals surface area contributed by atoms with Crippen molar-refractivity contribution in [2.45, 2.75) is 13.0 Å². The minimum atomic E-state index is 0.433. The van der Waals surface area contributed by atoms with E-state index in [0.717, 1.165) is 30.5 Å². The van der Waals surface area contributed by atoms with Crippen molar-refractivity contribution in [2.24, 2.45) is 0 Å². The normalized spacial score (nSPS) is 10.8. The van der Waals surface area contributed by atoms with Crippen LogP contribution >= 0.6 is 0 Å². The summed E-state index contributed by atoms with van der Waals surface area (Å²) in [6.07, 6.45) is 4.67. The molecule has 0 saturated heterocycles. The molecule has 3 aromatic rings. The molecule has 0 spiro atoms. The van der Waals surface area contributed by atoms with Crippen molar-refractivity contribution in [2.75, 3.05) is 17.6 Å². The van der Waals surface area contributed by atoms with E-state index in [9.17, 15) is 0 Å². The van der Waals surface area contributed by atoms with Crippen molar-refractivity contribution in [3.8, 4) is 0 Å². The fraction of sp³-hybridized carbons (Fsp3) is 0.214. The van der Waals surface area contributed by atoms with E-state index in [-0.39, 0.29) is 0 Å². The average Bonchev–Trinajstić information content (AvgIpc) is 2.97. The minimum absolute atomic E-state index is 0.433. The van der Waals surface area contributed by atoms with Crippen LogP contribution in [-0.2, 0) is 6.54 Å². The summed E-state index contributed by atoms with van der Waals surface area (Å²) in [5.74, 6) is 1.08. The van der Waals surface area contributed by atoms with Gasteiger partial charge in [0.25, 0.3) is 0 Å². The van der Waals surface area contributed by atoms with Gasteiger partial charge in [0.1, 0.15) is 0 Å². The van der Waals surface area contributed by atoms with Crippen LogP contribution in [0.2, 0.25) is 0 Å². The summed E-state index contributed by atoms with van der Waals surface area (Å²) in [5.41, 5.74) is 7.57. The summed E-state index contributed by atoms with van der Waals surface area (Å²) in [6.45, 7) is 1.64. The summed E-state index contributed by atoms with van der Waals surface area (Å²) in [6, 6.07) is 9.61. The standard InChI is InChI=1S/C14H16N6/c15-13-14(16-7-3-9-20-10-4-8-17-20)19-12-6-2-1-5-11(12)18-13/h1-2,4-6,8,10H,3,7,9H2,(H2,15,18)(H,16,19). The van der Waals surface area contributed by atoms with Gasteiger partial charge in [0, 0.05) is 25.5 Å². The lowest BCUT2D eigenvalue weighted by atomic mass is 10.3. The van der Waals surface area contributed by atoms with Gasteiger partial charge in [-0.25, -0.2) is 9.97 Å². The maximum absolute atomic E-state index is 5.91. The summed E-state index contributed by atoms with van der Waals surface area (Å²) >= 11 is 0. The lowest BCUT2D eigenvalue weighted by Crippen LogP contribution is -2.10. The zero-order chi connectivity index (χ0) is 13.8. The van der Waals surface area contributed by atoms with Gasteiger partial charge >= 0.3 is 0 Å². The average molecular weight is 268 g/mol. The third-order valence-corrected chi connectivity index (χ3v) is 3.01. The Hall–Kier alpha value is -2.63. The van der Waals surface area contributed by atoms with Crippen molar-refractivity contribution < 1.29 is 0 Å². The number of nitrogens with zero attached hydrogens (tertiary/aromatic N) is 4. The number of hydrogen-bond acceptors (Lipinski definition) is 5. The monoisotopic (exact) mass is 268 g/mol. The van der Waals surface area contributed by atoms with Crippen LogP contribution in [0.3, 0.4) is 0 Å². The predicted octanol–water partition coefficient (Wildman–Crippen LogP) is 1.91. The molecule has 0 aliphatic carbocycles. The van der Waals surface area contributed by atoms with Crippen LogP contribution in [-0.4, -0.2) is 26.3 Å². The number of benzene rings is 1. The van der Waals surface area contributed by atoms with Crippen LogP contribution in [0, 0.1) is 0 Å². The van der Waals surface area contributed by atoms with Gasteiger partial charge in [0.15, 0.2) is 11.6 Å². The van der Waals surface area contributed by atoms with Crippen molar-refractivity contribution in [1.29, 1.82) is 0 Å². The van der Waals surface area contributed by atoms with E-state index in [1.165, 1.54) is 0 Å². The number of aromatic nitrogens is 4. The van der Waals surface area contributed by atoms with Crippen molar-refractivity contribution >= 4 is 22.7 Å². The van der Waals surface area contributed by atoms with Crippen molar-refractivity contribution in [3.05, 3.63) is 42.7 Å². The molecule has 20 heavy (non-hydrogen) atoms. The Morgan fingerprint density at radius 2 is 1.90 bits per heavy atom. The lowest BCUT2D eigenvalue weighted by molar-refractivity contribution is 0.591. The van der Waals surface area contributed by atoms with Gasteiger partial charge in [-0.1, -0.05) is 12.1 Å². The number of rotatable bonds is 5. The van der Waals surface area contributed by atoms with Gasteiger partial charge in [0.2, 0.25) is 0 Å². The highest BCUT2D eigenvalue weighted by molar-refractivity contribution is 5.79. The van der Waals surface area contributed by atoms with Gasteiger partial charge in [-0.2, -0.15) is 5.10 Å². The van der Waals surface area contributed by atoms with E-state index < -0.39 is 0 Å². The SMILES string of the molecule is Nc1nc2ccccc2nc1NCCCn1cccn1. The fourth-order valence-electron chi connectivity index (χ4n) is 2.02. The lowest BCUT2D eigenvalue weighted by Gasteiger charge is -2.09. The molecule has 0 aliphatic heterocycles. The number of hydrogen-bond donors (Lipinski definition) is 2. The summed E-state index contributed by atoms with van der Waals surface area (Å²) < 4.78 is 1.90. The highest BCUT2D eigenvalue weighted by atomic mass is 15.3. The first-order valence-electron chi connectivity index (χ1n) is 6.56. The number of anilines is 2. The van der Waals surface area contributed by atoms with E-state index in [4.69, 9.17) is 5.73 Å². The van der Waals surface area contributed by atoms with E-state index in [0.29, 0.717) is 11.6 Å². The quantitative estimate of drug-likeness (QED) is 0.691. The molecule has 3 rings (SSSR count). The number of nitrogen functional groups attached to an aromatic ring is 1. The number of nitrogens with one attached hydrogen (secondary N) is 1. The molecule has 0 bridgehead atoms. The van der Waals surface area contributed by atoms with Crippen LogP contribution in [0.15, 0.2) is 42.7 Å². The Morgan fingerprint density at radius 1 is 1.10 bits per heavy atom. The third kappa shape index (κ3) is 2.69. The topological polar surface area (TPSA) is 81.6 Å². The summed E-state index contributed by atoms with van der Waals surface area (Å²) in [5, 5.41) is 7.38. The molecule has 6 nitrogen and oxygen atoms in total. The Labute approximate surface area is 116 Å². The molecule has 2 heterocycles. The molecule has 0 atom stereocenters. The van der Waals surface area contributed by atoms with Crippen LogP contribution in [0.1, 0.15) is 6.42 Å². The molecule has 0 radical (unpaired) electrons. The number of fused-ring (bicyclic) bond motifs is 1. The maximum atomic E-state index is 5.91. The Balaban J connectivity index is 1.63. The first-order valence-corrected chi connectivity index (χ1v) is 6.56. The van der Waals surface area contributed by atoms with Gasteiger partial charge in [-0.3, -0.25) is 4.68 Å². The Kier molecular flexibility index (Phi) is 3.45. The Bertz CT molecular complexity index is 692. The first-order chi connectivity index (χ1) is 9.83. The highest BCUT2D eigenvalue weighted by Gasteiger charge is 2.04. The molecule has 0 amide bonds. The second-order valence-electron chi connectivity index (χ2n) is 4.50. The molecule has 0 fully saturated rings. The fourth-order valence-corrected chi connectivity index (χ4v) is 2.02. The predicted molar refractivity (Wildman–Crippen MR) is 79.3 cm³/mol. The zero-order valence-electron chi connectivity index (χ0n) is 11.0. The van der Waals surface area contributed by atoms with E-state index in [2.05, 4.69) is 20.4 Å². The molecule has 0 unspecified atom stereocenters. The van der Waals surface area contributed by atoms with Gasteiger partial charge in [0.05, 0.1) is 11.0 Å². The van der Waals surface area contributed by atoms with Crippen LogP contribution < -0.4 is 11.1 Å². The van der Waals surface area contributed by atoms with Crippen LogP contribution in [0.4, 0.5) is 11.6 Å². The Morgan fingerprint density at radius 3 is 2.65 bits per heavy atom. The molecule has 2 aromatic heterocycles. The van der Waals surface area contributed by atoms with E-state index in [1.54, 1.807) is 6.20 Å². The number of para-hydroxylation sites is 2. The van der Waals surface area contributed by atoms with Crippen LogP contribution in [0.25, 0.3) is 11.0 Å². The van der Waals surface area contributed by atoms with Gasteiger partial charge < -0.3 is 11.1 Å². The molecule has 1 aromatic carbocycles. The van der Waals surface area contributed by atoms with E-state index in [1.807, 2.05) is 41.2 Å². The molecule has 6 heteroatoms.